The van der Waals surface area contributed by atoms with Crippen LogP contribution in [-0.4, -0.2) is 49.7 Å². The molecule has 8 heteroatoms. The molecule has 0 atom stereocenters. The second kappa shape index (κ2) is 8.05. The minimum absolute atomic E-state index is 0.0141. The van der Waals surface area contributed by atoms with Gasteiger partial charge >= 0.3 is 0 Å². The molecule has 2 heterocycles. The molecule has 3 rings (SSSR count). The number of thiophene rings is 1. The Kier molecular flexibility index (Phi) is 5.75. The highest BCUT2D eigenvalue weighted by molar-refractivity contribution is 7.89. The fourth-order valence-electron chi connectivity index (χ4n) is 2.87. The van der Waals surface area contributed by atoms with E-state index in [2.05, 4.69) is 0 Å². The largest absolute Gasteiger partial charge is 0.337 e. The maximum Gasteiger partial charge on any atom is 0.246 e. The lowest BCUT2D eigenvalue weighted by Gasteiger charge is -2.33. The highest BCUT2D eigenvalue weighted by Gasteiger charge is 2.31. The van der Waals surface area contributed by atoms with Crippen LogP contribution in [0.3, 0.4) is 0 Å². The standard InChI is InChI=1S/C19H19N3O3S2/c1-15-6-7-17(26-15)8-9-19(23)21-10-12-22(13-11-21)27(24,25)18-5-3-2-4-16(18)14-20/h2-9H,10-13H2,1H3/b9-8+. The van der Waals surface area contributed by atoms with Gasteiger partial charge < -0.3 is 4.90 Å². The van der Waals surface area contributed by atoms with Crippen LogP contribution in [0.15, 0.2) is 47.4 Å². The van der Waals surface area contributed by atoms with E-state index in [0.29, 0.717) is 13.1 Å². The first-order valence-corrected chi connectivity index (χ1v) is 10.7. The number of benzene rings is 1. The summed E-state index contributed by atoms with van der Waals surface area (Å²) in [5, 5.41) is 9.16. The molecule has 0 aliphatic carbocycles. The van der Waals surface area contributed by atoms with Crippen molar-refractivity contribution in [1.82, 2.24) is 9.21 Å². The average Bonchev–Trinajstić information content (AvgIpc) is 3.11. The van der Waals surface area contributed by atoms with Crippen LogP contribution in [0.5, 0.6) is 0 Å². The third kappa shape index (κ3) is 4.27. The van der Waals surface area contributed by atoms with Crippen LogP contribution in [0, 0.1) is 18.3 Å². The minimum atomic E-state index is -3.75. The molecule has 2 aromatic rings. The van der Waals surface area contributed by atoms with Gasteiger partial charge in [0.2, 0.25) is 15.9 Å². The lowest BCUT2D eigenvalue weighted by molar-refractivity contribution is -0.127. The molecule has 0 unspecified atom stereocenters. The van der Waals surface area contributed by atoms with E-state index in [-0.39, 0.29) is 29.5 Å². The molecule has 1 aliphatic rings. The number of nitriles is 1. The SMILES string of the molecule is Cc1ccc(/C=C/C(=O)N2CCN(S(=O)(=O)c3ccccc3C#N)CC2)s1. The van der Waals surface area contributed by atoms with E-state index in [4.69, 9.17) is 5.26 Å². The van der Waals surface area contributed by atoms with Crippen molar-refractivity contribution in [3.63, 3.8) is 0 Å². The molecule has 0 saturated carbocycles. The Morgan fingerprint density at radius 2 is 1.85 bits per heavy atom. The third-order valence-electron chi connectivity index (χ3n) is 4.33. The molecule has 140 valence electrons. The second-order valence-corrected chi connectivity index (χ2v) is 9.34. The van der Waals surface area contributed by atoms with Crippen LogP contribution in [0.25, 0.3) is 6.08 Å². The minimum Gasteiger partial charge on any atom is -0.337 e. The van der Waals surface area contributed by atoms with Crippen LogP contribution < -0.4 is 0 Å². The molecular weight excluding hydrogens is 382 g/mol. The Morgan fingerprint density at radius 1 is 1.15 bits per heavy atom. The normalized spacial score (nSPS) is 15.8. The van der Waals surface area contributed by atoms with Crippen molar-refractivity contribution in [2.24, 2.45) is 0 Å². The first-order chi connectivity index (χ1) is 12.9. The molecule has 6 nitrogen and oxygen atoms in total. The lowest BCUT2D eigenvalue weighted by Crippen LogP contribution is -2.50. The number of piperazine rings is 1. The fourth-order valence-corrected chi connectivity index (χ4v) is 5.22. The lowest BCUT2D eigenvalue weighted by atomic mass is 10.2. The van der Waals surface area contributed by atoms with Crippen LogP contribution in [0.1, 0.15) is 15.3 Å². The van der Waals surface area contributed by atoms with Gasteiger partial charge in [-0.2, -0.15) is 9.57 Å². The maximum atomic E-state index is 12.8. The van der Waals surface area contributed by atoms with Gasteiger partial charge in [0.1, 0.15) is 6.07 Å². The maximum absolute atomic E-state index is 12.8. The van der Waals surface area contributed by atoms with Gasteiger partial charge in [0, 0.05) is 42.0 Å². The number of aryl methyl sites for hydroxylation is 1. The number of carbonyl (C=O) groups excluding carboxylic acids is 1. The summed E-state index contributed by atoms with van der Waals surface area (Å²) in [6.07, 6.45) is 3.31. The molecule has 0 N–H and O–H groups in total. The quantitative estimate of drug-likeness (QED) is 0.737. The number of hydrogen-bond donors (Lipinski definition) is 0. The Bertz CT molecular complexity index is 1010. The number of sulfonamides is 1. The number of nitrogens with zero attached hydrogens (tertiary/aromatic N) is 3. The molecule has 0 spiro atoms. The van der Waals surface area contributed by atoms with Crippen molar-refractivity contribution in [2.75, 3.05) is 26.2 Å². The Morgan fingerprint density at radius 3 is 2.48 bits per heavy atom. The van der Waals surface area contributed by atoms with Gasteiger partial charge in [0.25, 0.3) is 0 Å². The Balaban J connectivity index is 1.65. The Hall–Kier alpha value is -2.47. The Labute approximate surface area is 163 Å². The topological polar surface area (TPSA) is 81.5 Å². The van der Waals surface area contributed by atoms with Gasteiger partial charge in [-0.25, -0.2) is 8.42 Å². The fraction of sp³-hybridized carbons (Fsp3) is 0.263. The van der Waals surface area contributed by atoms with Crippen molar-refractivity contribution in [3.05, 3.63) is 57.8 Å². The number of hydrogen-bond acceptors (Lipinski definition) is 5. The molecule has 27 heavy (non-hydrogen) atoms. The van der Waals surface area contributed by atoms with Gasteiger partial charge in [-0.05, 0) is 37.3 Å². The first-order valence-electron chi connectivity index (χ1n) is 8.44. The summed E-state index contributed by atoms with van der Waals surface area (Å²) < 4.78 is 27.0. The monoisotopic (exact) mass is 401 g/mol. The van der Waals surface area contributed by atoms with Gasteiger partial charge in [0.15, 0.2) is 0 Å². The van der Waals surface area contributed by atoms with Crippen molar-refractivity contribution in [3.8, 4) is 6.07 Å². The molecule has 0 radical (unpaired) electrons. The zero-order chi connectivity index (χ0) is 19.4. The predicted molar refractivity (Wildman–Crippen MR) is 105 cm³/mol. The summed E-state index contributed by atoms with van der Waals surface area (Å²) in [5.74, 6) is -0.129. The zero-order valence-corrected chi connectivity index (χ0v) is 16.5. The smallest absolute Gasteiger partial charge is 0.246 e. The van der Waals surface area contributed by atoms with Gasteiger partial charge in [-0.15, -0.1) is 11.3 Å². The van der Waals surface area contributed by atoms with Gasteiger partial charge in [-0.1, -0.05) is 12.1 Å². The molecular formula is C19H19N3O3S2. The van der Waals surface area contributed by atoms with E-state index in [9.17, 15) is 13.2 Å². The molecule has 1 aliphatic heterocycles. The van der Waals surface area contributed by atoms with Crippen molar-refractivity contribution in [2.45, 2.75) is 11.8 Å². The number of rotatable bonds is 4. The summed E-state index contributed by atoms with van der Waals surface area (Å²) in [6, 6.07) is 12.0. The first kappa shape index (κ1) is 19.3. The molecule has 1 aromatic heterocycles. The zero-order valence-electron chi connectivity index (χ0n) is 14.8. The van der Waals surface area contributed by atoms with Crippen LogP contribution in [0.4, 0.5) is 0 Å². The third-order valence-corrected chi connectivity index (χ3v) is 7.25. The average molecular weight is 402 g/mol. The molecule has 0 bridgehead atoms. The van der Waals surface area contributed by atoms with Crippen molar-refractivity contribution < 1.29 is 13.2 Å². The second-order valence-electron chi connectivity index (χ2n) is 6.12. The summed E-state index contributed by atoms with van der Waals surface area (Å²) in [6.45, 7) is 3.06. The van der Waals surface area contributed by atoms with E-state index < -0.39 is 10.0 Å². The van der Waals surface area contributed by atoms with Crippen LogP contribution in [-0.2, 0) is 14.8 Å². The van der Waals surface area contributed by atoms with Gasteiger partial charge in [-0.3, -0.25) is 4.79 Å². The van der Waals surface area contributed by atoms with E-state index in [1.165, 1.54) is 27.4 Å². The van der Waals surface area contributed by atoms with Crippen LogP contribution in [0.2, 0.25) is 0 Å². The summed E-state index contributed by atoms with van der Waals surface area (Å²) in [5.41, 5.74) is 0.130. The van der Waals surface area contributed by atoms with E-state index in [1.54, 1.807) is 34.4 Å². The van der Waals surface area contributed by atoms with Crippen molar-refractivity contribution in [1.29, 1.82) is 5.26 Å². The summed E-state index contributed by atoms with van der Waals surface area (Å²) >= 11 is 1.61. The predicted octanol–water partition coefficient (Wildman–Crippen LogP) is 2.47. The molecule has 1 amide bonds. The molecule has 1 saturated heterocycles. The van der Waals surface area contributed by atoms with Crippen molar-refractivity contribution >= 4 is 33.3 Å². The molecule has 1 aromatic carbocycles. The number of amides is 1. The van der Waals surface area contributed by atoms with Gasteiger partial charge in [0.05, 0.1) is 10.5 Å². The summed E-state index contributed by atoms with van der Waals surface area (Å²) in [4.78, 5) is 16.2. The van der Waals surface area contributed by atoms with E-state index >= 15 is 0 Å². The number of carbonyl (C=O) groups is 1. The van der Waals surface area contributed by atoms with Crippen LogP contribution >= 0.6 is 11.3 Å². The molecule has 1 fully saturated rings. The highest BCUT2D eigenvalue weighted by Crippen LogP contribution is 2.21. The highest BCUT2D eigenvalue weighted by atomic mass is 32.2. The summed E-state index contributed by atoms with van der Waals surface area (Å²) in [7, 11) is -3.75. The van der Waals surface area contributed by atoms with E-state index in [0.717, 1.165) is 4.88 Å². The van der Waals surface area contributed by atoms with E-state index in [1.807, 2.05) is 25.1 Å².